The number of para-hydroxylation sites is 2. The van der Waals surface area contributed by atoms with Crippen molar-refractivity contribution in [3.63, 3.8) is 0 Å². The monoisotopic (exact) mass is 1110 g/mol. The summed E-state index contributed by atoms with van der Waals surface area (Å²) in [6, 6.07) is 112. The number of hydrogen-bond donors (Lipinski definition) is 0. The maximum Gasteiger partial charge on any atom is 0.140 e. The standard InChI is InChI=1S/C84H56N2O/c1-83(2)73-28-13-10-25-67(73)69-45-43-64(52-77(69)83)85(62-41-35-55(36-42-62)59-40-48-80-72(50-59)71-27-12-15-30-79(71)86(80)61-20-4-3-5-21-61)63-22-16-19-58(49-63)53-31-33-54(34-32-53)60-37-44-70-68-26-11-14-29-74(68)84(78(70)51-60)75-46-38-56-17-6-8-23-65(56)81(75)87-82-66-24-9-7-18-57(66)39-47-76(82)84/h3-52H,1-2H3. The van der Waals surface area contributed by atoms with Gasteiger partial charge in [-0.1, -0.05) is 244 Å². The number of anilines is 3. The van der Waals surface area contributed by atoms with E-state index >= 15 is 0 Å². The molecule has 0 unspecified atom stereocenters. The lowest BCUT2D eigenvalue weighted by atomic mass is 9.65. The van der Waals surface area contributed by atoms with E-state index in [-0.39, 0.29) is 5.41 Å². The third kappa shape index (κ3) is 7.24. The zero-order valence-corrected chi connectivity index (χ0v) is 48.2. The fraction of sp³-hybridized carbons (Fsp3) is 0.0476. The van der Waals surface area contributed by atoms with Gasteiger partial charge in [-0.2, -0.15) is 0 Å². The van der Waals surface area contributed by atoms with E-state index in [0.717, 1.165) is 72.5 Å². The Bertz CT molecular complexity index is 5250. The minimum Gasteiger partial charge on any atom is -0.455 e. The Kier molecular flexibility index (Phi) is 10.7. The molecule has 0 saturated carbocycles. The molecular weight excluding hydrogens is 1050 g/mol. The van der Waals surface area contributed by atoms with Crippen molar-refractivity contribution < 1.29 is 4.74 Å². The fourth-order valence-electron chi connectivity index (χ4n) is 15.4. The minimum atomic E-state index is -0.621. The summed E-state index contributed by atoms with van der Waals surface area (Å²) in [5, 5.41) is 7.05. The van der Waals surface area contributed by atoms with E-state index in [1.54, 1.807) is 0 Å². The van der Waals surface area contributed by atoms with Crippen LogP contribution in [0.4, 0.5) is 17.1 Å². The van der Waals surface area contributed by atoms with E-state index in [9.17, 15) is 0 Å². The number of nitrogens with zero attached hydrogens (tertiary/aromatic N) is 2. The normalized spacial score (nSPS) is 13.7. The van der Waals surface area contributed by atoms with Crippen LogP contribution in [0.2, 0.25) is 0 Å². The largest absolute Gasteiger partial charge is 0.455 e. The summed E-state index contributed by atoms with van der Waals surface area (Å²) in [6.45, 7) is 4.73. The molecule has 15 aromatic rings. The second-order valence-corrected chi connectivity index (χ2v) is 24.3. The molecule has 1 spiro atoms. The Morgan fingerprint density at radius 1 is 0.287 bits per heavy atom. The Morgan fingerprint density at radius 3 is 1.49 bits per heavy atom. The highest BCUT2D eigenvalue weighted by atomic mass is 16.5. The zero-order chi connectivity index (χ0) is 57.5. The smallest absolute Gasteiger partial charge is 0.140 e. The summed E-state index contributed by atoms with van der Waals surface area (Å²) < 4.78 is 9.63. The van der Waals surface area contributed by atoms with Crippen molar-refractivity contribution in [2.24, 2.45) is 0 Å². The van der Waals surface area contributed by atoms with E-state index in [1.165, 1.54) is 94.1 Å². The van der Waals surface area contributed by atoms with Gasteiger partial charge in [-0.3, -0.25) is 0 Å². The molecule has 18 rings (SSSR count). The van der Waals surface area contributed by atoms with Crippen LogP contribution in [-0.4, -0.2) is 4.57 Å². The first-order chi connectivity index (χ1) is 42.9. The highest BCUT2D eigenvalue weighted by Crippen LogP contribution is 2.64. The van der Waals surface area contributed by atoms with Crippen molar-refractivity contribution in [1.29, 1.82) is 0 Å². The third-order valence-electron chi connectivity index (χ3n) is 19.4. The maximum absolute atomic E-state index is 7.25. The second-order valence-electron chi connectivity index (χ2n) is 24.3. The lowest BCUT2D eigenvalue weighted by molar-refractivity contribution is 0.447. The molecule has 408 valence electrons. The maximum atomic E-state index is 7.25. The molecule has 0 amide bonds. The summed E-state index contributed by atoms with van der Waals surface area (Å²) in [4.78, 5) is 2.44. The second kappa shape index (κ2) is 18.7. The van der Waals surface area contributed by atoms with Crippen molar-refractivity contribution in [3.05, 3.63) is 337 Å². The molecule has 1 aromatic heterocycles. The predicted molar refractivity (Wildman–Crippen MR) is 362 cm³/mol. The molecule has 3 nitrogen and oxygen atoms in total. The van der Waals surface area contributed by atoms with Crippen molar-refractivity contribution in [2.45, 2.75) is 24.7 Å². The molecule has 0 saturated heterocycles. The summed E-state index contributed by atoms with van der Waals surface area (Å²) in [5.41, 5.74) is 25.8. The molecule has 87 heavy (non-hydrogen) atoms. The molecule has 0 atom stereocenters. The van der Waals surface area contributed by atoms with Crippen LogP contribution in [0, 0.1) is 0 Å². The van der Waals surface area contributed by atoms with Crippen LogP contribution in [0.15, 0.2) is 303 Å². The van der Waals surface area contributed by atoms with Gasteiger partial charge in [0.2, 0.25) is 0 Å². The van der Waals surface area contributed by atoms with Gasteiger partial charge in [0.15, 0.2) is 0 Å². The van der Waals surface area contributed by atoms with E-state index in [2.05, 4.69) is 327 Å². The van der Waals surface area contributed by atoms with Gasteiger partial charge >= 0.3 is 0 Å². The van der Waals surface area contributed by atoms with Crippen LogP contribution < -0.4 is 9.64 Å². The number of hydrogen-bond acceptors (Lipinski definition) is 2. The van der Waals surface area contributed by atoms with Crippen molar-refractivity contribution in [2.75, 3.05) is 4.90 Å². The molecule has 3 aliphatic rings. The molecule has 0 bridgehead atoms. The lowest BCUT2D eigenvalue weighted by Crippen LogP contribution is -2.32. The van der Waals surface area contributed by atoms with Crippen LogP contribution in [0.1, 0.15) is 47.2 Å². The number of rotatable bonds is 7. The van der Waals surface area contributed by atoms with Crippen LogP contribution in [0.25, 0.3) is 105 Å². The highest BCUT2D eigenvalue weighted by molar-refractivity contribution is 6.11. The average molecular weight is 1110 g/mol. The zero-order valence-electron chi connectivity index (χ0n) is 48.2. The van der Waals surface area contributed by atoms with Crippen molar-refractivity contribution in [3.8, 4) is 72.8 Å². The Morgan fingerprint density at radius 2 is 0.782 bits per heavy atom. The number of ether oxygens (including phenoxy) is 1. The molecule has 2 heterocycles. The Hall–Kier alpha value is -11.0. The average Bonchev–Trinajstić information content (AvgIpc) is 1.72. The molecular formula is C84H56N2O. The van der Waals surface area contributed by atoms with E-state index in [1.807, 2.05) is 0 Å². The van der Waals surface area contributed by atoms with Gasteiger partial charge < -0.3 is 14.2 Å². The molecule has 2 aliphatic carbocycles. The van der Waals surface area contributed by atoms with Crippen LogP contribution in [-0.2, 0) is 10.8 Å². The van der Waals surface area contributed by atoms with Crippen LogP contribution in [0.5, 0.6) is 11.5 Å². The van der Waals surface area contributed by atoms with E-state index < -0.39 is 5.41 Å². The summed E-state index contributed by atoms with van der Waals surface area (Å²) >= 11 is 0. The molecule has 0 N–H and O–H groups in total. The molecule has 0 fully saturated rings. The first-order valence-electron chi connectivity index (χ1n) is 30.3. The first kappa shape index (κ1) is 49.4. The van der Waals surface area contributed by atoms with E-state index in [4.69, 9.17) is 4.74 Å². The number of aromatic nitrogens is 1. The SMILES string of the molecule is CC1(C)c2ccccc2-c2ccc(N(c3ccc(-c4ccc5c(c4)c4ccccc4n5-c4ccccc4)cc3)c3cccc(-c4ccc(-c5ccc6c(c5)C5(c7ccccc7-6)c6ccc7ccccc7c6Oc6c5ccc5ccccc65)cc4)c3)cc21. The predicted octanol–water partition coefficient (Wildman–Crippen LogP) is 22.3. The lowest BCUT2D eigenvalue weighted by Gasteiger charge is -2.40. The Balaban J connectivity index is 0.734. The van der Waals surface area contributed by atoms with Crippen LogP contribution >= 0.6 is 0 Å². The fourth-order valence-corrected chi connectivity index (χ4v) is 15.4. The third-order valence-corrected chi connectivity index (χ3v) is 19.4. The van der Waals surface area contributed by atoms with Gasteiger partial charge in [-0.25, -0.2) is 0 Å². The highest BCUT2D eigenvalue weighted by Gasteiger charge is 2.52. The summed E-state index contributed by atoms with van der Waals surface area (Å²) in [6.07, 6.45) is 0. The van der Waals surface area contributed by atoms with Gasteiger partial charge in [0.05, 0.1) is 16.4 Å². The summed E-state index contributed by atoms with van der Waals surface area (Å²) in [7, 11) is 0. The minimum absolute atomic E-state index is 0.156. The Labute approximate surface area is 505 Å². The number of benzene rings is 14. The first-order valence-corrected chi connectivity index (χ1v) is 30.3. The topological polar surface area (TPSA) is 17.4 Å². The van der Waals surface area contributed by atoms with Gasteiger partial charge in [0.25, 0.3) is 0 Å². The number of fused-ring (bicyclic) bond motifs is 19. The molecule has 1 aliphatic heterocycles. The molecule has 0 radical (unpaired) electrons. The van der Waals surface area contributed by atoms with Crippen LogP contribution in [0.3, 0.4) is 0 Å². The van der Waals surface area contributed by atoms with Crippen molar-refractivity contribution in [1.82, 2.24) is 4.57 Å². The van der Waals surface area contributed by atoms with Gasteiger partial charge in [0.1, 0.15) is 11.5 Å². The van der Waals surface area contributed by atoms with Gasteiger partial charge in [-0.15, -0.1) is 0 Å². The van der Waals surface area contributed by atoms with Crippen molar-refractivity contribution >= 4 is 60.4 Å². The molecule has 3 heteroatoms. The quantitative estimate of drug-likeness (QED) is 0.158. The van der Waals surface area contributed by atoms with Gasteiger partial charge in [0, 0.05) is 60.8 Å². The molecule has 14 aromatic carbocycles. The summed E-state index contributed by atoms with van der Waals surface area (Å²) in [5.74, 6) is 1.85. The van der Waals surface area contributed by atoms with Gasteiger partial charge in [-0.05, 0) is 161 Å². The van der Waals surface area contributed by atoms with E-state index in [0.29, 0.717) is 0 Å².